The van der Waals surface area contributed by atoms with Crippen LogP contribution in [0.2, 0.25) is 0 Å². The van der Waals surface area contributed by atoms with Crippen molar-refractivity contribution < 1.29 is 13.9 Å². The number of aryl methyl sites for hydroxylation is 1. The molecular weight excluding hydrogens is 628 g/mol. The molecule has 3 atom stereocenters. The molecule has 0 spiro atoms. The van der Waals surface area contributed by atoms with Gasteiger partial charge in [0.05, 0.1) is 48.0 Å². The molecule has 0 N–H and O–H groups in total. The Hall–Kier alpha value is -3.95. The molecule has 3 aliphatic heterocycles. The summed E-state index contributed by atoms with van der Waals surface area (Å²) < 4.78 is 20.5. The standard InChI is InChI=1S/C36H43FN8O2S/c1-23-7-5-8-25-19-39-20-30(31(23)25)43-14-12-28-29(22-43)40-35(47-18-17-42(4)34-36(3,48-34)26-9-6-10-26)41-32(28)44-15-16-45(33(46)24(2)37)27(21-44)11-13-38/h5,7-8,19-20,26-27,34H,2,6,9-12,14-18,21-22H2,1,3-4H3/t27-,34?,36-/m0/s1. The van der Waals surface area contributed by atoms with Gasteiger partial charge in [0.15, 0.2) is 5.83 Å². The van der Waals surface area contributed by atoms with E-state index in [9.17, 15) is 14.4 Å². The largest absolute Gasteiger partial charge is 0.462 e. The van der Waals surface area contributed by atoms with E-state index >= 15 is 0 Å². The van der Waals surface area contributed by atoms with E-state index < -0.39 is 17.8 Å². The van der Waals surface area contributed by atoms with Gasteiger partial charge in [-0.1, -0.05) is 31.2 Å². The van der Waals surface area contributed by atoms with Gasteiger partial charge in [0.25, 0.3) is 5.91 Å². The quantitative estimate of drug-likeness (QED) is 0.210. The number of piperazine rings is 1. The van der Waals surface area contributed by atoms with Crippen molar-refractivity contribution in [1.29, 1.82) is 5.26 Å². The highest BCUT2D eigenvalue weighted by atomic mass is 32.2. The fourth-order valence-electron chi connectivity index (χ4n) is 7.72. The minimum absolute atomic E-state index is 0.0820. The third kappa shape index (κ3) is 6.07. The van der Waals surface area contributed by atoms with Crippen molar-refractivity contribution in [3.05, 3.63) is 59.8 Å². The Balaban J connectivity index is 1.15. The molecule has 1 saturated carbocycles. The van der Waals surface area contributed by atoms with Gasteiger partial charge in [-0.05, 0) is 51.6 Å². The lowest BCUT2D eigenvalue weighted by Gasteiger charge is -2.42. The number of nitriles is 1. The average Bonchev–Trinajstić information content (AvgIpc) is 3.74. The smallest absolute Gasteiger partial charge is 0.318 e. The number of benzene rings is 1. The van der Waals surface area contributed by atoms with Crippen molar-refractivity contribution in [1.82, 2.24) is 24.8 Å². The van der Waals surface area contributed by atoms with E-state index in [2.05, 4.69) is 83.2 Å². The van der Waals surface area contributed by atoms with Crippen LogP contribution in [0.1, 0.15) is 49.4 Å². The lowest BCUT2D eigenvalue weighted by molar-refractivity contribution is -0.131. The number of fused-ring (bicyclic) bond motifs is 2. The summed E-state index contributed by atoms with van der Waals surface area (Å²) in [7, 11) is 2.17. The predicted molar refractivity (Wildman–Crippen MR) is 187 cm³/mol. The lowest BCUT2D eigenvalue weighted by Crippen LogP contribution is -2.55. The van der Waals surface area contributed by atoms with Gasteiger partial charge in [0, 0.05) is 60.0 Å². The number of thioether (sulfide) groups is 1. The van der Waals surface area contributed by atoms with Crippen LogP contribution in [0.3, 0.4) is 0 Å². The number of hydrogen-bond donors (Lipinski definition) is 0. The molecule has 3 fully saturated rings. The Morgan fingerprint density at radius 2 is 2.06 bits per heavy atom. The number of hydrogen-bond acceptors (Lipinski definition) is 10. The topological polar surface area (TPSA) is 102 Å². The average molecular weight is 671 g/mol. The van der Waals surface area contributed by atoms with E-state index in [-0.39, 0.29) is 13.0 Å². The number of ether oxygens (including phenoxy) is 1. The Bertz CT molecular complexity index is 1770. The second kappa shape index (κ2) is 13.2. The highest BCUT2D eigenvalue weighted by molar-refractivity contribution is 8.08. The molecule has 5 heterocycles. The summed E-state index contributed by atoms with van der Waals surface area (Å²) >= 11 is 2.07. The van der Waals surface area contributed by atoms with Crippen LogP contribution in [0.15, 0.2) is 43.0 Å². The molecule has 12 heteroatoms. The van der Waals surface area contributed by atoms with E-state index in [0.29, 0.717) is 48.8 Å². The van der Waals surface area contributed by atoms with Gasteiger partial charge >= 0.3 is 6.01 Å². The Labute approximate surface area is 286 Å². The van der Waals surface area contributed by atoms with Gasteiger partial charge < -0.3 is 19.4 Å². The van der Waals surface area contributed by atoms with Crippen LogP contribution in [-0.2, 0) is 17.8 Å². The van der Waals surface area contributed by atoms with E-state index in [0.717, 1.165) is 47.2 Å². The summed E-state index contributed by atoms with van der Waals surface area (Å²) in [5.41, 5.74) is 4.20. The summed E-state index contributed by atoms with van der Waals surface area (Å²) in [5.74, 6) is -0.193. The zero-order chi connectivity index (χ0) is 33.6. The summed E-state index contributed by atoms with van der Waals surface area (Å²) in [6, 6.07) is 8.29. The van der Waals surface area contributed by atoms with Gasteiger partial charge in [-0.3, -0.25) is 14.7 Å². The number of nitrogens with zero attached hydrogens (tertiary/aromatic N) is 8. The van der Waals surface area contributed by atoms with E-state index in [1.54, 1.807) is 0 Å². The fourth-order valence-corrected chi connectivity index (χ4v) is 9.22. The van der Waals surface area contributed by atoms with Crippen LogP contribution < -0.4 is 14.5 Å². The van der Waals surface area contributed by atoms with Crippen molar-refractivity contribution in [3.63, 3.8) is 0 Å². The lowest BCUT2D eigenvalue weighted by atomic mass is 9.76. The number of likely N-dealkylation sites (N-methyl/N-ethyl adjacent to an activating group) is 1. The number of carbonyl (C=O) groups excluding carboxylic acids is 1. The Morgan fingerprint density at radius 1 is 1.23 bits per heavy atom. The van der Waals surface area contributed by atoms with Crippen LogP contribution in [0.4, 0.5) is 15.9 Å². The van der Waals surface area contributed by atoms with Gasteiger partial charge in [0.1, 0.15) is 12.4 Å². The zero-order valence-electron chi connectivity index (χ0n) is 28.0. The zero-order valence-corrected chi connectivity index (χ0v) is 28.8. The van der Waals surface area contributed by atoms with Gasteiger partial charge in [-0.2, -0.15) is 15.2 Å². The van der Waals surface area contributed by atoms with Crippen LogP contribution in [-0.4, -0.2) is 93.2 Å². The van der Waals surface area contributed by atoms with Crippen LogP contribution >= 0.6 is 11.8 Å². The van der Waals surface area contributed by atoms with Gasteiger partial charge in [-0.25, -0.2) is 4.39 Å². The van der Waals surface area contributed by atoms with Crippen molar-refractivity contribution in [3.8, 4) is 12.1 Å². The number of halogens is 1. The number of rotatable bonds is 10. The molecule has 7 rings (SSSR count). The SMILES string of the molecule is C=C(F)C(=O)N1CCN(c2nc(OCCN(C)C3S[C@@]3(C)C3CCC3)nc3c2CCN(c2cncc4cccc(C)c24)C3)C[C@@H]1CC#N. The van der Waals surface area contributed by atoms with Crippen molar-refractivity contribution >= 4 is 39.9 Å². The van der Waals surface area contributed by atoms with Crippen LogP contribution in [0, 0.1) is 24.2 Å². The molecule has 3 aromatic rings. The monoisotopic (exact) mass is 670 g/mol. The Morgan fingerprint density at radius 3 is 2.81 bits per heavy atom. The molecule has 1 aromatic carbocycles. The minimum Gasteiger partial charge on any atom is -0.462 e. The molecule has 1 unspecified atom stereocenters. The minimum atomic E-state index is -1.01. The third-order valence-electron chi connectivity index (χ3n) is 10.7. The maximum atomic E-state index is 13.9. The number of amides is 1. The maximum Gasteiger partial charge on any atom is 0.318 e. The van der Waals surface area contributed by atoms with Gasteiger partial charge in [-0.15, -0.1) is 11.8 Å². The second-order valence-electron chi connectivity index (χ2n) is 13.7. The first kappa shape index (κ1) is 32.6. The molecule has 10 nitrogen and oxygen atoms in total. The van der Waals surface area contributed by atoms with Crippen molar-refractivity contribution in [2.24, 2.45) is 5.92 Å². The summed E-state index contributed by atoms with van der Waals surface area (Å²) in [4.78, 5) is 35.3. The van der Waals surface area contributed by atoms with Gasteiger partial charge in [0.2, 0.25) is 0 Å². The van der Waals surface area contributed by atoms with Crippen LogP contribution in [0.25, 0.3) is 10.8 Å². The molecule has 4 aliphatic rings. The fraction of sp³-hybridized carbons (Fsp3) is 0.528. The summed E-state index contributed by atoms with van der Waals surface area (Å²) in [6.45, 7) is 11.3. The van der Waals surface area contributed by atoms with Crippen molar-refractivity contribution in [2.45, 2.75) is 68.7 Å². The third-order valence-corrected chi connectivity index (χ3v) is 12.6. The predicted octanol–water partition coefficient (Wildman–Crippen LogP) is 5.25. The number of anilines is 2. The molecule has 2 saturated heterocycles. The molecular formula is C36H43FN8O2S. The molecule has 252 valence electrons. The van der Waals surface area contributed by atoms with Crippen LogP contribution in [0.5, 0.6) is 6.01 Å². The molecule has 0 bridgehead atoms. The molecule has 0 radical (unpaired) electrons. The number of pyridine rings is 1. The first-order valence-corrected chi connectivity index (χ1v) is 17.8. The normalized spacial score (nSPS) is 23.9. The summed E-state index contributed by atoms with van der Waals surface area (Å²) in [5, 5.41) is 12.4. The highest BCUT2D eigenvalue weighted by Gasteiger charge is 2.59. The van der Waals surface area contributed by atoms with E-state index in [1.165, 1.54) is 35.1 Å². The number of carbonyl (C=O) groups is 1. The number of aromatic nitrogens is 3. The molecule has 2 aromatic heterocycles. The second-order valence-corrected chi connectivity index (χ2v) is 15.3. The van der Waals surface area contributed by atoms with E-state index in [4.69, 9.17) is 14.7 Å². The highest BCUT2D eigenvalue weighted by Crippen LogP contribution is 2.63. The summed E-state index contributed by atoms with van der Waals surface area (Å²) in [6.07, 6.45) is 8.65. The van der Waals surface area contributed by atoms with Crippen molar-refractivity contribution in [2.75, 3.05) is 56.2 Å². The Kier molecular flexibility index (Phi) is 8.94. The molecule has 1 aliphatic carbocycles. The molecule has 1 amide bonds. The first-order valence-electron chi connectivity index (χ1n) is 16.9. The first-order chi connectivity index (χ1) is 23.2. The van der Waals surface area contributed by atoms with E-state index in [1.807, 2.05) is 12.4 Å². The molecule has 48 heavy (non-hydrogen) atoms. The maximum absolute atomic E-state index is 13.9.